The molecule has 50 valence electrons. The molecule has 0 saturated carbocycles. The second kappa shape index (κ2) is 6.50. The molecule has 0 unspecified atom stereocenters. The zero-order valence-corrected chi connectivity index (χ0v) is 5.68. The van der Waals surface area contributed by atoms with Gasteiger partial charge in [-0.15, -0.1) is 0 Å². The molecular weight excluding hydrogens is 104 g/mol. The van der Waals surface area contributed by atoms with Crippen LogP contribution in [0.3, 0.4) is 0 Å². The lowest BCUT2D eigenvalue weighted by Gasteiger charge is -1.80. The van der Waals surface area contributed by atoms with Gasteiger partial charge < -0.3 is 10.2 Å². The molecule has 0 spiro atoms. The Bertz CT molecular complexity index is 50.8. The summed E-state index contributed by atoms with van der Waals surface area (Å²) >= 11 is 0. The Morgan fingerprint density at radius 1 is 1.50 bits per heavy atom. The van der Waals surface area contributed by atoms with Gasteiger partial charge in [0.25, 0.3) is 0 Å². The minimum absolute atomic E-state index is 0.167. The average molecular weight is 118 g/mol. The largest absolute Gasteiger partial charge is 0.513 e. The highest BCUT2D eigenvalue weighted by atomic mass is 16.3. The molecule has 0 heterocycles. The molecule has 0 saturated heterocycles. The maximum Gasteiger partial charge on any atom is 0.0820 e. The van der Waals surface area contributed by atoms with Gasteiger partial charge in [-0.3, -0.25) is 0 Å². The summed E-state index contributed by atoms with van der Waals surface area (Å²) in [5.74, 6) is 0.167. The van der Waals surface area contributed by atoms with Crippen LogP contribution in [0, 0.1) is 0 Å². The maximum absolute atomic E-state index is 8.06. The molecule has 0 aromatic carbocycles. The molecule has 0 amide bonds. The Kier molecular flexibility index (Phi) is 8.51. The summed E-state index contributed by atoms with van der Waals surface area (Å²) in [7, 11) is 0. The van der Waals surface area contributed by atoms with Gasteiger partial charge in [-0.05, 0) is 20.8 Å². The highest BCUT2D eigenvalue weighted by molar-refractivity contribution is 4.67. The molecule has 2 nitrogen and oxygen atoms in total. The third-order valence-electron chi connectivity index (χ3n) is 0. The maximum atomic E-state index is 8.06. The predicted molar refractivity (Wildman–Crippen MR) is 34.8 cm³/mol. The fourth-order valence-electron chi connectivity index (χ4n) is 0. The zero-order chi connectivity index (χ0) is 7.15. The summed E-state index contributed by atoms with van der Waals surface area (Å²) in [6.45, 7) is 8.08. The first-order valence-corrected chi connectivity index (χ1v) is 2.49. The van der Waals surface area contributed by atoms with Crippen molar-refractivity contribution in [3.05, 3.63) is 12.3 Å². The van der Waals surface area contributed by atoms with E-state index in [4.69, 9.17) is 10.2 Å². The molecule has 0 aromatic heterocycles. The molecule has 8 heavy (non-hydrogen) atoms. The third kappa shape index (κ3) is 446. The van der Waals surface area contributed by atoms with E-state index in [-0.39, 0.29) is 11.9 Å². The smallest absolute Gasteiger partial charge is 0.0820 e. The molecule has 0 atom stereocenters. The van der Waals surface area contributed by atoms with Gasteiger partial charge in [0.05, 0.1) is 5.76 Å². The SMILES string of the molecule is C=C(C)O.CC(C)O. The van der Waals surface area contributed by atoms with Gasteiger partial charge in [-0.1, -0.05) is 6.58 Å². The normalized spacial score (nSPS) is 7.62. The number of aliphatic hydroxyl groups is 2. The van der Waals surface area contributed by atoms with Crippen molar-refractivity contribution in [2.75, 3.05) is 0 Å². The van der Waals surface area contributed by atoms with E-state index in [0.29, 0.717) is 0 Å². The van der Waals surface area contributed by atoms with Crippen LogP contribution in [0.5, 0.6) is 0 Å². The van der Waals surface area contributed by atoms with E-state index in [9.17, 15) is 0 Å². The van der Waals surface area contributed by atoms with Crippen LogP contribution < -0.4 is 0 Å². The predicted octanol–water partition coefficient (Wildman–Crippen LogP) is 1.47. The summed E-state index contributed by atoms with van der Waals surface area (Å²) in [6, 6.07) is 0. The first kappa shape index (κ1) is 10.5. The van der Waals surface area contributed by atoms with E-state index in [2.05, 4.69) is 6.58 Å². The van der Waals surface area contributed by atoms with Crippen molar-refractivity contribution in [3.63, 3.8) is 0 Å². The molecule has 0 aromatic rings. The lowest BCUT2D eigenvalue weighted by atomic mass is 10.5. The van der Waals surface area contributed by atoms with Crippen LogP contribution in [-0.4, -0.2) is 16.3 Å². The van der Waals surface area contributed by atoms with Crippen molar-refractivity contribution >= 4 is 0 Å². The van der Waals surface area contributed by atoms with Crippen LogP contribution in [0.15, 0.2) is 12.3 Å². The Labute approximate surface area is 50.5 Å². The van der Waals surface area contributed by atoms with Crippen LogP contribution in [0.25, 0.3) is 0 Å². The van der Waals surface area contributed by atoms with E-state index in [1.165, 1.54) is 6.92 Å². The van der Waals surface area contributed by atoms with Gasteiger partial charge in [0.1, 0.15) is 0 Å². The monoisotopic (exact) mass is 118 g/mol. The molecule has 0 aliphatic rings. The summed E-state index contributed by atoms with van der Waals surface area (Å²) < 4.78 is 0. The molecule has 2 N–H and O–H groups in total. The van der Waals surface area contributed by atoms with Crippen LogP contribution >= 0.6 is 0 Å². The van der Waals surface area contributed by atoms with Crippen molar-refractivity contribution < 1.29 is 10.2 Å². The fraction of sp³-hybridized carbons (Fsp3) is 0.667. The van der Waals surface area contributed by atoms with Gasteiger partial charge in [-0.25, -0.2) is 0 Å². The van der Waals surface area contributed by atoms with Crippen molar-refractivity contribution in [2.24, 2.45) is 0 Å². The zero-order valence-electron chi connectivity index (χ0n) is 5.68. The van der Waals surface area contributed by atoms with E-state index >= 15 is 0 Å². The summed E-state index contributed by atoms with van der Waals surface area (Å²) in [5.41, 5.74) is 0. The number of hydrogen-bond acceptors (Lipinski definition) is 2. The second-order valence-electron chi connectivity index (χ2n) is 1.83. The van der Waals surface area contributed by atoms with E-state index in [1.807, 2.05) is 0 Å². The van der Waals surface area contributed by atoms with Crippen LogP contribution in [0.4, 0.5) is 0 Å². The van der Waals surface area contributed by atoms with Crippen LogP contribution in [0.1, 0.15) is 20.8 Å². The number of allylic oxidation sites excluding steroid dienone is 1. The quantitative estimate of drug-likeness (QED) is 0.473. The summed E-state index contributed by atoms with van der Waals surface area (Å²) in [4.78, 5) is 0. The molecule has 0 aliphatic heterocycles. The lowest BCUT2D eigenvalue weighted by Crippen LogP contribution is -1.85. The minimum atomic E-state index is -0.167. The van der Waals surface area contributed by atoms with Crippen molar-refractivity contribution in [1.29, 1.82) is 0 Å². The van der Waals surface area contributed by atoms with Crippen molar-refractivity contribution in [2.45, 2.75) is 26.9 Å². The summed E-state index contributed by atoms with van der Waals surface area (Å²) in [6.07, 6.45) is -0.167. The Morgan fingerprint density at radius 3 is 1.50 bits per heavy atom. The van der Waals surface area contributed by atoms with Crippen LogP contribution in [0.2, 0.25) is 0 Å². The highest BCUT2D eigenvalue weighted by Gasteiger charge is 1.69. The molecule has 0 aliphatic carbocycles. The highest BCUT2D eigenvalue weighted by Crippen LogP contribution is 1.66. The molecular formula is C6H14O2. The fourth-order valence-corrected chi connectivity index (χ4v) is 0. The number of aliphatic hydroxyl groups excluding tert-OH is 2. The minimum Gasteiger partial charge on any atom is -0.513 e. The van der Waals surface area contributed by atoms with Gasteiger partial charge in [0.15, 0.2) is 0 Å². The Morgan fingerprint density at radius 2 is 1.50 bits per heavy atom. The van der Waals surface area contributed by atoms with Crippen molar-refractivity contribution in [1.82, 2.24) is 0 Å². The van der Waals surface area contributed by atoms with E-state index in [0.717, 1.165) is 0 Å². The van der Waals surface area contributed by atoms with E-state index in [1.54, 1.807) is 13.8 Å². The van der Waals surface area contributed by atoms with Gasteiger partial charge >= 0.3 is 0 Å². The van der Waals surface area contributed by atoms with Crippen LogP contribution in [-0.2, 0) is 0 Å². The Hall–Kier alpha value is -0.500. The molecule has 0 radical (unpaired) electrons. The summed E-state index contributed by atoms with van der Waals surface area (Å²) in [5, 5.41) is 15.9. The molecule has 2 heteroatoms. The first-order valence-electron chi connectivity index (χ1n) is 2.49. The van der Waals surface area contributed by atoms with Gasteiger partial charge in [0.2, 0.25) is 0 Å². The van der Waals surface area contributed by atoms with Crippen molar-refractivity contribution in [3.8, 4) is 0 Å². The van der Waals surface area contributed by atoms with Gasteiger partial charge in [0, 0.05) is 6.10 Å². The van der Waals surface area contributed by atoms with E-state index < -0.39 is 0 Å². The topological polar surface area (TPSA) is 40.5 Å². The number of hydrogen-bond donors (Lipinski definition) is 2. The first-order chi connectivity index (χ1) is 3.46. The molecule has 0 rings (SSSR count). The molecule has 0 bridgehead atoms. The van der Waals surface area contributed by atoms with Gasteiger partial charge in [-0.2, -0.15) is 0 Å². The lowest BCUT2D eigenvalue weighted by molar-refractivity contribution is 0.216. The standard InChI is InChI=1S/C3H8O.C3H6O/c2*1-3(2)4/h3-4H,1-2H3;4H,1H2,2H3. The molecule has 0 fully saturated rings. The Balaban J connectivity index is 0. The second-order valence-corrected chi connectivity index (χ2v) is 1.83. The third-order valence-corrected chi connectivity index (χ3v) is 0. The number of rotatable bonds is 0. The average Bonchev–Trinajstić information content (AvgIpc) is 1.25.